The molecular weight excluding hydrogens is 576 g/mol. The third-order valence-corrected chi connectivity index (χ3v) is 15.0. The highest BCUT2D eigenvalue weighted by Gasteiger charge is 2.67. The Balaban J connectivity index is 1.21. The lowest BCUT2D eigenvalue weighted by Gasteiger charge is -2.61. The number of allylic oxidation sites excluding steroid dienone is 2. The van der Waals surface area contributed by atoms with Crippen molar-refractivity contribution in [2.75, 3.05) is 6.61 Å². The fourth-order valence-electron chi connectivity index (χ4n) is 12.6. The van der Waals surface area contributed by atoms with Crippen molar-refractivity contribution in [3.05, 3.63) is 23.3 Å². The molecule has 6 aliphatic rings. The van der Waals surface area contributed by atoms with Crippen LogP contribution in [0.15, 0.2) is 23.3 Å². The predicted molar refractivity (Wildman–Crippen MR) is 180 cm³/mol. The number of hydrogen-bond acceptors (Lipinski definition) is 5. The first-order valence-corrected chi connectivity index (χ1v) is 18.4. The highest BCUT2D eigenvalue weighted by Crippen LogP contribution is 2.68. The Morgan fingerprint density at radius 1 is 0.717 bits per heavy atom. The van der Waals surface area contributed by atoms with E-state index in [9.17, 15) is 14.7 Å². The van der Waals surface area contributed by atoms with Crippen LogP contribution in [0.25, 0.3) is 0 Å². The largest absolute Gasteiger partial charge is 0.481 e. The molecule has 2 heterocycles. The van der Waals surface area contributed by atoms with Gasteiger partial charge in [-0.05, 0) is 119 Å². The maximum Gasteiger partial charge on any atom is 0.309 e. The minimum atomic E-state index is -0.833. The average molecular weight is 639 g/mol. The summed E-state index contributed by atoms with van der Waals surface area (Å²) in [4.78, 5) is 25.6. The molecule has 0 bridgehead atoms. The number of esters is 1. The van der Waals surface area contributed by atoms with Gasteiger partial charge in [-0.25, -0.2) is 0 Å². The van der Waals surface area contributed by atoms with Gasteiger partial charge < -0.3 is 19.3 Å². The third kappa shape index (κ3) is 5.08. The fraction of sp³-hybridized carbons (Fsp3) is 0.850. The van der Waals surface area contributed by atoms with Crippen molar-refractivity contribution in [3.8, 4) is 0 Å². The van der Waals surface area contributed by atoms with Crippen LogP contribution in [-0.4, -0.2) is 46.1 Å². The Bertz CT molecular complexity index is 1330. The van der Waals surface area contributed by atoms with Gasteiger partial charge >= 0.3 is 11.9 Å². The van der Waals surface area contributed by atoms with E-state index in [2.05, 4.69) is 67.5 Å². The fourth-order valence-corrected chi connectivity index (χ4v) is 12.6. The van der Waals surface area contributed by atoms with Crippen molar-refractivity contribution in [2.24, 2.45) is 33.5 Å². The van der Waals surface area contributed by atoms with Gasteiger partial charge in [-0.1, -0.05) is 66.5 Å². The molecule has 46 heavy (non-hydrogen) atoms. The van der Waals surface area contributed by atoms with E-state index >= 15 is 0 Å². The average Bonchev–Trinajstić information content (AvgIpc) is 3.46. The van der Waals surface area contributed by atoms with E-state index in [0.717, 1.165) is 50.5 Å². The van der Waals surface area contributed by atoms with E-state index < -0.39 is 22.8 Å². The number of aliphatic carboxylic acids is 1. The summed E-state index contributed by atoms with van der Waals surface area (Å²) in [5.74, 6) is -0.0691. The van der Waals surface area contributed by atoms with Crippen LogP contribution in [0.5, 0.6) is 0 Å². The van der Waals surface area contributed by atoms with E-state index in [1.807, 2.05) is 6.92 Å². The topological polar surface area (TPSA) is 82.1 Å². The number of hydrogen-bond donors (Lipinski definition) is 1. The highest BCUT2D eigenvalue weighted by atomic mass is 16.6. The smallest absolute Gasteiger partial charge is 0.309 e. The second kappa shape index (κ2) is 10.9. The zero-order valence-corrected chi connectivity index (χ0v) is 30.4. The SMILES string of the molecule is CC1=CCC2C(C)(C)CCCC2(C)C12CCC(C)(CC(=O)OCC1=CCC3C(C)(C)CCCC3(C)C13CCC(C)(CC(=O)O)O3)O2. The Labute approximate surface area is 278 Å². The molecule has 6 heteroatoms. The summed E-state index contributed by atoms with van der Waals surface area (Å²) in [7, 11) is 0. The Morgan fingerprint density at radius 2 is 1.22 bits per heavy atom. The van der Waals surface area contributed by atoms with Crippen LogP contribution in [0.1, 0.15) is 152 Å². The Morgan fingerprint density at radius 3 is 1.80 bits per heavy atom. The van der Waals surface area contributed by atoms with Gasteiger partial charge in [0.15, 0.2) is 0 Å². The monoisotopic (exact) mass is 638 g/mol. The summed E-state index contributed by atoms with van der Waals surface area (Å²) in [6.07, 6.45) is 17.2. The number of carboxylic acids is 1. The molecule has 4 aliphatic carbocycles. The number of ether oxygens (including phenoxy) is 3. The first-order chi connectivity index (χ1) is 21.3. The van der Waals surface area contributed by atoms with Crippen LogP contribution < -0.4 is 0 Å². The number of carbonyl (C=O) groups is 2. The Hall–Kier alpha value is -1.66. The molecule has 2 spiro atoms. The molecule has 2 saturated heterocycles. The minimum Gasteiger partial charge on any atom is -0.481 e. The molecule has 258 valence electrons. The van der Waals surface area contributed by atoms with E-state index in [4.69, 9.17) is 14.2 Å². The van der Waals surface area contributed by atoms with Crippen molar-refractivity contribution >= 4 is 11.9 Å². The number of fused-ring (bicyclic) bond motifs is 4. The molecule has 4 fully saturated rings. The number of rotatable bonds is 6. The van der Waals surface area contributed by atoms with Crippen molar-refractivity contribution in [3.63, 3.8) is 0 Å². The molecule has 2 aliphatic heterocycles. The Kier molecular flexibility index (Phi) is 8.12. The highest BCUT2D eigenvalue weighted by molar-refractivity contribution is 5.71. The summed E-state index contributed by atoms with van der Waals surface area (Å²) in [5.41, 5.74) is 0.429. The minimum absolute atomic E-state index is 0.0196. The molecule has 0 radical (unpaired) electrons. The molecular formula is C40H62O6. The van der Waals surface area contributed by atoms with Gasteiger partial charge in [0.05, 0.1) is 35.2 Å². The van der Waals surface area contributed by atoms with Gasteiger partial charge in [-0.2, -0.15) is 0 Å². The van der Waals surface area contributed by atoms with E-state index in [0.29, 0.717) is 18.3 Å². The van der Waals surface area contributed by atoms with Crippen LogP contribution >= 0.6 is 0 Å². The molecule has 0 aromatic heterocycles. The molecule has 8 atom stereocenters. The van der Waals surface area contributed by atoms with Crippen molar-refractivity contribution in [2.45, 2.75) is 175 Å². The lowest BCUT2D eigenvalue weighted by Crippen LogP contribution is -2.60. The van der Waals surface area contributed by atoms with Crippen molar-refractivity contribution in [1.82, 2.24) is 0 Å². The second-order valence-corrected chi connectivity index (χ2v) is 18.9. The zero-order chi connectivity index (χ0) is 33.6. The quantitative estimate of drug-likeness (QED) is 0.231. The summed E-state index contributed by atoms with van der Waals surface area (Å²) in [6.45, 7) is 21.0. The van der Waals surface area contributed by atoms with Crippen LogP contribution in [0.2, 0.25) is 0 Å². The van der Waals surface area contributed by atoms with E-state index in [1.54, 1.807) is 0 Å². The first kappa shape index (κ1) is 34.2. The van der Waals surface area contributed by atoms with Gasteiger partial charge in [0.1, 0.15) is 6.61 Å². The molecule has 6 rings (SSSR count). The van der Waals surface area contributed by atoms with Crippen LogP contribution in [0, 0.1) is 33.5 Å². The van der Waals surface area contributed by atoms with Crippen LogP contribution in [0.4, 0.5) is 0 Å². The molecule has 2 saturated carbocycles. The van der Waals surface area contributed by atoms with E-state index in [-0.39, 0.29) is 52.7 Å². The first-order valence-electron chi connectivity index (χ1n) is 18.4. The van der Waals surface area contributed by atoms with Gasteiger partial charge in [-0.3, -0.25) is 9.59 Å². The van der Waals surface area contributed by atoms with Crippen LogP contribution in [0.3, 0.4) is 0 Å². The summed E-state index contributed by atoms with van der Waals surface area (Å²) >= 11 is 0. The molecule has 8 unspecified atom stereocenters. The molecule has 1 N–H and O–H groups in total. The molecule has 6 nitrogen and oxygen atoms in total. The second-order valence-electron chi connectivity index (χ2n) is 18.9. The van der Waals surface area contributed by atoms with Crippen molar-refractivity contribution in [1.29, 1.82) is 0 Å². The molecule has 0 amide bonds. The standard InChI is InChI=1S/C40H62O6/c1-27-12-14-29-33(2,3)16-10-18-37(29,8)39(27)22-20-36(7,45-39)25-32(43)44-26-28-13-15-30-34(4,5)17-11-19-38(30,9)40(28)23-21-35(6,46-40)24-31(41)42/h12-13,29-30H,10-11,14-26H2,1-9H3,(H,41,42). The van der Waals surface area contributed by atoms with Gasteiger partial charge in [0.25, 0.3) is 0 Å². The van der Waals surface area contributed by atoms with Gasteiger partial charge in [0.2, 0.25) is 0 Å². The van der Waals surface area contributed by atoms with Crippen LogP contribution in [-0.2, 0) is 23.8 Å². The van der Waals surface area contributed by atoms with Gasteiger partial charge in [-0.15, -0.1) is 0 Å². The summed E-state index contributed by atoms with van der Waals surface area (Å²) in [6, 6.07) is 0. The maximum atomic E-state index is 13.7. The lowest BCUT2D eigenvalue weighted by molar-refractivity contribution is -0.198. The lowest BCUT2D eigenvalue weighted by atomic mass is 9.46. The maximum absolute atomic E-state index is 13.7. The number of carbonyl (C=O) groups excluding carboxylic acids is 1. The molecule has 0 aromatic carbocycles. The van der Waals surface area contributed by atoms with Gasteiger partial charge in [0, 0.05) is 10.8 Å². The van der Waals surface area contributed by atoms with Crippen molar-refractivity contribution < 1.29 is 28.9 Å². The third-order valence-electron chi connectivity index (χ3n) is 15.0. The summed E-state index contributed by atoms with van der Waals surface area (Å²) in [5, 5.41) is 9.74. The zero-order valence-electron chi connectivity index (χ0n) is 30.4. The number of carboxylic acid groups (broad SMARTS) is 1. The van der Waals surface area contributed by atoms with E-state index in [1.165, 1.54) is 31.3 Å². The predicted octanol–water partition coefficient (Wildman–Crippen LogP) is 9.36. The molecule has 0 aromatic rings. The summed E-state index contributed by atoms with van der Waals surface area (Å²) < 4.78 is 20.5. The normalized spacial score (nSPS) is 45.9.